The number of hydrogen-bond donors (Lipinski definition) is 2. The molecule has 0 spiro atoms. The van der Waals surface area contributed by atoms with E-state index in [0.29, 0.717) is 12.1 Å². The monoisotopic (exact) mass is 328 g/mol. The summed E-state index contributed by atoms with van der Waals surface area (Å²) in [6, 6.07) is 8.35. The molecule has 1 saturated heterocycles. The van der Waals surface area contributed by atoms with Crippen LogP contribution in [0.1, 0.15) is 27.5 Å². The first-order chi connectivity index (χ1) is 11.6. The molecule has 0 radical (unpaired) electrons. The van der Waals surface area contributed by atoms with Crippen molar-refractivity contribution in [1.29, 1.82) is 0 Å². The van der Waals surface area contributed by atoms with E-state index in [1.807, 2.05) is 13.0 Å². The molecule has 1 aromatic carbocycles. The predicted octanol–water partition coefficient (Wildman–Crippen LogP) is 2.07. The highest BCUT2D eigenvalue weighted by atomic mass is 19.1. The summed E-state index contributed by atoms with van der Waals surface area (Å²) in [6.45, 7) is 3.24. The fraction of sp³-hybridized carbons (Fsp3) is 0.333. The number of benzene rings is 1. The standard InChI is InChI=1S/C18H21FN4O/c1-12-7-8-20-10-16(12)18(24)23(2)11-14-9-21-22-17(14)13-3-5-15(19)6-4-13/h3-8,10,14,17,21-22H,9,11H2,1-2H3. The molecule has 2 unspecified atom stereocenters. The number of amides is 1. The Balaban J connectivity index is 1.71. The van der Waals surface area contributed by atoms with Crippen LogP contribution in [-0.4, -0.2) is 35.9 Å². The second-order valence-corrected chi connectivity index (χ2v) is 6.19. The van der Waals surface area contributed by atoms with Crippen molar-refractivity contribution >= 4 is 5.91 Å². The van der Waals surface area contributed by atoms with Crippen molar-refractivity contribution in [3.63, 3.8) is 0 Å². The molecule has 0 saturated carbocycles. The van der Waals surface area contributed by atoms with Crippen molar-refractivity contribution in [2.75, 3.05) is 20.1 Å². The molecular formula is C18H21FN4O. The van der Waals surface area contributed by atoms with E-state index < -0.39 is 0 Å². The zero-order chi connectivity index (χ0) is 17.1. The van der Waals surface area contributed by atoms with Crippen molar-refractivity contribution in [1.82, 2.24) is 20.7 Å². The van der Waals surface area contributed by atoms with Crippen LogP contribution < -0.4 is 10.9 Å². The van der Waals surface area contributed by atoms with Crippen LogP contribution >= 0.6 is 0 Å². The summed E-state index contributed by atoms with van der Waals surface area (Å²) < 4.78 is 13.1. The SMILES string of the molecule is Cc1ccncc1C(=O)N(C)CC1CNNC1c1ccc(F)cc1. The molecule has 2 N–H and O–H groups in total. The van der Waals surface area contributed by atoms with Gasteiger partial charge < -0.3 is 4.90 Å². The number of pyridine rings is 1. The predicted molar refractivity (Wildman–Crippen MR) is 89.7 cm³/mol. The molecule has 1 aliphatic rings. The Kier molecular flexibility index (Phi) is 4.87. The Morgan fingerprint density at radius 2 is 2.08 bits per heavy atom. The average molecular weight is 328 g/mol. The number of aryl methyl sites for hydroxylation is 1. The largest absolute Gasteiger partial charge is 0.341 e. The van der Waals surface area contributed by atoms with Gasteiger partial charge in [-0.25, -0.2) is 9.82 Å². The van der Waals surface area contributed by atoms with Gasteiger partial charge in [0.05, 0.1) is 11.6 Å². The summed E-state index contributed by atoms with van der Waals surface area (Å²) in [5.41, 5.74) is 8.90. The summed E-state index contributed by atoms with van der Waals surface area (Å²) in [5.74, 6) is -0.0904. The molecule has 126 valence electrons. The maximum absolute atomic E-state index is 13.1. The molecule has 2 aromatic rings. The summed E-state index contributed by atoms with van der Waals surface area (Å²) in [6.07, 6.45) is 3.29. The fourth-order valence-electron chi connectivity index (χ4n) is 3.06. The van der Waals surface area contributed by atoms with Gasteiger partial charge in [-0.3, -0.25) is 15.2 Å². The van der Waals surface area contributed by atoms with Crippen molar-refractivity contribution in [2.24, 2.45) is 5.92 Å². The number of aromatic nitrogens is 1. The number of nitrogens with zero attached hydrogens (tertiary/aromatic N) is 2. The molecule has 1 aromatic heterocycles. The van der Waals surface area contributed by atoms with Crippen molar-refractivity contribution in [2.45, 2.75) is 13.0 Å². The summed E-state index contributed by atoms with van der Waals surface area (Å²) in [7, 11) is 1.80. The van der Waals surface area contributed by atoms with Gasteiger partial charge in [-0.15, -0.1) is 0 Å². The quantitative estimate of drug-likeness (QED) is 0.902. The third kappa shape index (κ3) is 3.44. The smallest absolute Gasteiger partial charge is 0.255 e. The van der Waals surface area contributed by atoms with E-state index in [1.54, 1.807) is 36.5 Å². The Bertz CT molecular complexity index is 719. The average Bonchev–Trinajstić information content (AvgIpc) is 3.03. The molecule has 2 atom stereocenters. The third-order valence-corrected chi connectivity index (χ3v) is 4.45. The highest BCUT2D eigenvalue weighted by Gasteiger charge is 2.30. The van der Waals surface area contributed by atoms with Gasteiger partial charge in [0.15, 0.2) is 0 Å². The second-order valence-electron chi connectivity index (χ2n) is 6.19. The van der Waals surface area contributed by atoms with Crippen molar-refractivity contribution < 1.29 is 9.18 Å². The number of nitrogens with one attached hydrogen (secondary N) is 2. The minimum absolute atomic E-state index is 0.0367. The third-order valence-electron chi connectivity index (χ3n) is 4.45. The molecule has 0 bridgehead atoms. The molecule has 24 heavy (non-hydrogen) atoms. The number of hydrogen-bond acceptors (Lipinski definition) is 4. The number of halogens is 1. The molecule has 1 fully saturated rings. The highest BCUT2D eigenvalue weighted by Crippen LogP contribution is 2.26. The van der Waals surface area contributed by atoms with Crippen LogP contribution in [0.2, 0.25) is 0 Å². The van der Waals surface area contributed by atoms with Crippen LogP contribution in [0.4, 0.5) is 4.39 Å². The zero-order valence-corrected chi connectivity index (χ0v) is 13.8. The van der Waals surface area contributed by atoms with E-state index in [4.69, 9.17) is 0 Å². The summed E-state index contributed by atoms with van der Waals surface area (Å²) in [4.78, 5) is 18.4. The molecule has 5 nitrogen and oxygen atoms in total. The van der Waals surface area contributed by atoms with Gasteiger partial charge in [-0.1, -0.05) is 12.1 Å². The zero-order valence-electron chi connectivity index (χ0n) is 13.8. The Hall–Kier alpha value is -2.31. The first kappa shape index (κ1) is 16.5. The molecule has 6 heteroatoms. The van der Waals surface area contributed by atoms with E-state index in [1.165, 1.54) is 12.1 Å². The lowest BCUT2D eigenvalue weighted by atomic mass is 9.94. The van der Waals surface area contributed by atoms with Gasteiger partial charge in [-0.2, -0.15) is 0 Å². The number of carbonyl (C=O) groups excluding carboxylic acids is 1. The maximum atomic E-state index is 13.1. The van der Waals surface area contributed by atoms with E-state index in [2.05, 4.69) is 15.8 Å². The lowest BCUT2D eigenvalue weighted by Gasteiger charge is -2.25. The van der Waals surface area contributed by atoms with Crippen LogP contribution in [0.25, 0.3) is 0 Å². The molecule has 1 aliphatic heterocycles. The maximum Gasteiger partial charge on any atom is 0.255 e. The first-order valence-electron chi connectivity index (χ1n) is 7.96. The number of carbonyl (C=O) groups is 1. The summed E-state index contributed by atoms with van der Waals surface area (Å²) >= 11 is 0. The number of hydrazine groups is 1. The molecular weight excluding hydrogens is 307 g/mol. The van der Waals surface area contributed by atoms with Crippen molar-refractivity contribution in [3.05, 3.63) is 65.2 Å². The Labute approximate surface area is 140 Å². The summed E-state index contributed by atoms with van der Waals surface area (Å²) in [5, 5.41) is 0. The molecule has 1 amide bonds. The van der Waals surface area contributed by atoms with E-state index in [-0.39, 0.29) is 23.7 Å². The minimum atomic E-state index is -0.249. The van der Waals surface area contributed by atoms with E-state index in [0.717, 1.165) is 17.7 Å². The molecule has 0 aliphatic carbocycles. The Morgan fingerprint density at radius 1 is 1.33 bits per heavy atom. The van der Waals surface area contributed by atoms with Crippen LogP contribution in [0, 0.1) is 18.7 Å². The second kappa shape index (κ2) is 7.07. The highest BCUT2D eigenvalue weighted by molar-refractivity contribution is 5.95. The van der Waals surface area contributed by atoms with Gasteiger partial charge in [-0.05, 0) is 36.2 Å². The van der Waals surface area contributed by atoms with Crippen LogP contribution in [0.15, 0.2) is 42.7 Å². The topological polar surface area (TPSA) is 57.3 Å². The van der Waals surface area contributed by atoms with Gasteiger partial charge in [0.1, 0.15) is 5.82 Å². The molecule has 3 rings (SSSR count). The van der Waals surface area contributed by atoms with Crippen LogP contribution in [0.5, 0.6) is 0 Å². The van der Waals surface area contributed by atoms with Crippen LogP contribution in [0.3, 0.4) is 0 Å². The van der Waals surface area contributed by atoms with Gasteiger partial charge >= 0.3 is 0 Å². The minimum Gasteiger partial charge on any atom is -0.341 e. The van der Waals surface area contributed by atoms with E-state index >= 15 is 0 Å². The van der Waals surface area contributed by atoms with Crippen molar-refractivity contribution in [3.8, 4) is 0 Å². The number of rotatable bonds is 4. The lowest BCUT2D eigenvalue weighted by Crippen LogP contribution is -2.35. The first-order valence-corrected chi connectivity index (χ1v) is 7.96. The van der Waals surface area contributed by atoms with Crippen LogP contribution in [-0.2, 0) is 0 Å². The van der Waals surface area contributed by atoms with Gasteiger partial charge in [0.2, 0.25) is 0 Å². The lowest BCUT2D eigenvalue weighted by molar-refractivity contribution is 0.0770. The Morgan fingerprint density at radius 3 is 2.79 bits per heavy atom. The molecule has 2 heterocycles. The van der Waals surface area contributed by atoms with Gasteiger partial charge in [0.25, 0.3) is 5.91 Å². The fourth-order valence-corrected chi connectivity index (χ4v) is 3.06. The van der Waals surface area contributed by atoms with E-state index in [9.17, 15) is 9.18 Å². The normalized spacial score (nSPS) is 20.1. The van der Waals surface area contributed by atoms with Gasteiger partial charge in [0, 0.05) is 38.4 Å².